The number of fused-ring (bicyclic) bond motifs is 2. The molecule has 0 radical (unpaired) electrons. The van der Waals surface area contributed by atoms with E-state index in [2.05, 4.69) is 0 Å². The van der Waals surface area contributed by atoms with Crippen molar-refractivity contribution in [2.45, 2.75) is 76.2 Å². The number of hydrogen-bond acceptors (Lipinski definition) is 5. The van der Waals surface area contributed by atoms with Crippen molar-refractivity contribution in [3.8, 4) is 0 Å². The molecule has 5 atom stereocenters. The van der Waals surface area contributed by atoms with E-state index in [1.54, 1.807) is 0 Å². The molecule has 0 aromatic carbocycles. The molecule has 0 bridgehead atoms. The van der Waals surface area contributed by atoms with Crippen LogP contribution in [0.3, 0.4) is 0 Å². The van der Waals surface area contributed by atoms with Crippen molar-refractivity contribution in [1.29, 1.82) is 0 Å². The number of aliphatic hydroxyl groups is 1. The number of hydrogen-bond donors (Lipinski definition) is 1. The van der Waals surface area contributed by atoms with Gasteiger partial charge in [-0.25, -0.2) is 0 Å². The Labute approximate surface area is 101 Å². The molecule has 0 aromatic heterocycles. The third-order valence-electron chi connectivity index (χ3n) is 3.58. The first-order chi connectivity index (χ1) is 7.77. The standard InChI is InChI=1S/C12H20O5/c1-11(2)14-6-5-7-10(8(13)9(6)16-11)17-12(3,4)15-7/h6-10,13H,5H2,1-4H3/t6-,7-,8?,9-,10+/m1/s1. The Morgan fingerprint density at radius 3 is 1.65 bits per heavy atom. The van der Waals surface area contributed by atoms with Crippen LogP contribution in [0.4, 0.5) is 0 Å². The molecule has 17 heavy (non-hydrogen) atoms. The SMILES string of the molecule is CC1(C)O[C@@H]2C(O)[C@@H]3OC(C)(C)O[C@@H]3C[C@H]2O1. The van der Waals surface area contributed by atoms with Crippen molar-refractivity contribution in [1.82, 2.24) is 0 Å². The van der Waals surface area contributed by atoms with E-state index in [-0.39, 0.29) is 24.4 Å². The lowest BCUT2D eigenvalue weighted by Gasteiger charge is -2.34. The van der Waals surface area contributed by atoms with Crippen molar-refractivity contribution >= 4 is 0 Å². The first-order valence-electron chi connectivity index (χ1n) is 6.17. The van der Waals surface area contributed by atoms with Crippen LogP contribution in [0, 0.1) is 0 Å². The third kappa shape index (κ3) is 1.90. The Morgan fingerprint density at radius 1 is 0.824 bits per heavy atom. The first-order valence-corrected chi connectivity index (χ1v) is 6.17. The van der Waals surface area contributed by atoms with Gasteiger partial charge in [0, 0.05) is 6.42 Å². The van der Waals surface area contributed by atoms with Crippen LogP contribution in [0.1, 0.15) is 34.1 Å². The molecule has 2 aliphatic heterocycles. The Hall–Kier alpha value is -0.200. The zero-order chi connectivity index (χ0) is 12.4. The fourth-order valence-electron chi connectivity index (χ4n) is 3.09. The van der Waals surface area contributed by atoms with Gasteiger partial charge in [0.15, 0.2) is 11.6 Å². The van der Waals surface area contributed by atoms with Crippen molar-refractivity contribution in [3.63, 3.8) is 0 Å². The van der Waals surface area contributed by atoms with E-state index in [1.165, 1.54) is 0 Å². The summed E-state index contributed by atoms with van der Waals surface area (Å²) in [6.45, 7) is 7.44. The van der Waals surface area contributed by atoms with Crippen molar-refractivity contribution in [2.75, 3.05) is 0 Å². The Balaban J connectivity index is 1.81. The van der Waals surface area contributed by atoms with Crippen molar-refractivity contribution in [2.24, 2.45) is 0 Å². The van der Waals surface area contributed by atoms with Crippen LogP contribution >= 0.6 is 0 Å². The summed E-state index contributed by atoms with van der Waals surface area (Å²) in [6.07, 6.45) is -0.841. The molecule has 2 heterocycles. The van der Waals surface area contributed by atoms with Crippen LogP contribution < -0.4 is 0 Å². The summed E-state index contributed by atoms with van der Waals surface area (Å²) in [7, 11) is 0. The molecule has 5 nitrogen and oxygen atoms in total. The largest absolute Gasteiger partial charge is 0.387 e. The summed E-state index contributed by atoms with van der Waals surface area (Å²) in [5.74, 6) is -1.27. The van der Waals surface area contributed by atoms with E-state index in [0.717, 1.165) is 0 Å². The minimum Gasteiger partial charge on any atom is -0.387 e. The van der Waals surface area contributed by atoms with E-state index >= 15 is 0 Å². The fourth-order valence-corrected chi connectivity index (χ4v) is 3.09. The topological polar surface area (TPSA) is 57.2 Å². The lowest BCUT2D eigenvalue weighted by molar-refractivity contribution is -0.179. The van der Waals surface area contributed by atoms with Crippen LogP contribution in [-0.4, -0.2) is 47.2 Å². The van der Waals surface area contributed by atoms with Gasteiger partial charge in [0.2, 0.25) is 0 Å². The Morgan fingerprint density at radius 2 is 1.24 bits per heavy atom. The van der Waals surface area contributed by atoms with Crippen molar-refractivity contribution in [3.05, 3.63) is 0 Å². The monoisotopic (exact) mass is 244 g/mol. The molecule has 0 aromatic rings. The van der Waals surface area contributed by atoms with Gasteiger partial charge in [-0.3, -0.25) is 0 Å². The molecule has 0 amide bonds. The summed E-state index contributed by atoms with van der Waals surface area (Å²) >= 11 is 0. The summed E-state index contributed by atoms with van der Waals surface area (Å²) < 4.78 is 23.0. The molecular weight excluding hydrogens is 224 g/mol. The lowest BCUT2D eigenvalue weighted by Crippen LogP contribution is -2.53. The number of aliphatic hydroxyl groups excluding tert-OH is 1. The van der Waals surface area contributed by atoms with Crippen LogP contribution in [0.25, 0.3) is 0 Å². The highest BCUT2D eigenvalue weighted by atomic mass is 16.8. The summed E-state index contributed by atoms with van der Waals surface area (Å²) in [5, 5.41) is 10.3. The average molecular weight is 244 g/mol. The number of rotatable bonds is 0. The lowest BCUT2D eigenvalue weighted by atomic mass is 9.87. The summed E-state index contributed by atoms with van der Waals surface area (Å²) in [5.41, 5.74) is 0. The minimum absolute atomic E-state index is 0.112. The summed E-state index contributed by atoms with van der Waals surface area (Å²) in [6, 6.07) is 0. The second-order valence-electron chi connectivity index (χ2n) is 6.00. The molecule has 98 valence electrons. The quantitative estimate of drug-likeness (QED) is 0.682. The van der Waals surface area contributed by atoms with Gasteiger partial charge in [0.1, 0.15) is 18.3 Å². The molecule has 2 saturated heterocycles. The molecular formula is C12H20O5. The molecule has 3 fully saturated rings. The Kier molecular flexibility index (Phi) is 2.39. The van der Waals surface area contributed by atoms with Gasteiger partial charge in [0.25, 0.3) is 0 Å². The van der Waals surface area contributed by atoms with Crippen LogP contribution in [0.15, 0.2) is 0 Å². The molecule has 1 aliphatic carbocycles. The molecule has 1 unspecified atom stereocenters. The molecule has 3 aliphatic rings. The molecule has 1 saturated carbocycles. The van der Waals surface area contributed by atoms with Gasteiger partial charge < -0.3 is 24.1 Å². The maximum Gasteiger partial charge on any atom is 0.163 e. The molecule has 0 spiro atoms. The first kappa shape index (κ1) is 11.9. The highest BCUT2D eigenvalue weighted by Crippen LogP contribution is 2.43. The van der Waals surface area contributed by atoms with E-state index in [0.29, 0.717) is 6.42 Å². The van der Waals surface area contributed by atoms with Gasteiger partial charge in [0.05, 0.1) is 12.2 Å². The van der Waals surface area contributed by atoms with Gasteiger partial charge in [-0.15, -0.1) is 0 Å². The fraction of sp³-hybridized carbons (Fsp3) is 1.00. The normalized spacial score (nSPS) is 51.0. The van der Waals surface area contributed by atoms with E-state index < -0.39 is 17.7 Å². The Bertz CT molecular complexity index is 297. The highest BCUT2D eigenvalue weighted by Gasteiger charge is 2.58. The maximum atomic E-state index is 10.3. The van der Waals surface area contributed by atoms with Crippen LogP contribution in [0.2, 0.25) is 0 Å². The minimum atomic E-state index is -0.692. The smallest absolute Gasteiger partial charge is 0.163 e. The van der Waals surface area contributed by atoms with Gasteiger partial charge in [-0.2, -0.15) is 0 Å². The van der Waals surface area contributed by atoms with Crippen molar-refractivity contribution < 1.29 is 24.1 Å². The average Bonchev–Trinajstić information content (AvgIpc) is 2.61. The zero-order valence-corrected chi connectivity index (χ0v) is 10.7. The van der Waals surface area contributed by atoms with Crippen LogP contribution in [-0.2, 0) is 18.9 Å². The molecule has 5 heteroatoms. The van der Waals surface area contributed by atoms with E-state index in [4.69, 9.17) is 18.9 Å². The molecule has 1 N–H and O–H groups in total. The molecule has 3 rings (SSSR count). The maximum absolute atomic E-state index is 10.3. The van der Waals surface area contributed by atoms with Crippen LogP contribution in [0.5, 0.6) is 0 Å². The second-order valence-corrected chi connectivity index (χ2v) is 6.00. The van der Waals surface area contributed by atoms with E-state index in [9.17, 15) is 5.11 Å². The zero-order valence-electron chi connectivity index (χ0n) is 10.7. The van der Waals surface area contributed by atoms with Gasteiger partial charge in [-0.05, 0) is 27.7 Å². The third-order valence-corrected chi connectivity index (χ3v) is 3.58. The number of ether oxygens (including phenoxy) is 4. The van der Waals surface area contributed by atoms with Gasteiger partial charge in [-0.1, -0.05) is 0 Å². The van der Waals surface area contributed by atoms with E-state index in [1.807, 2.05) is 27.7 Å². The summed E-state index contributed by atoms with van der Waals surface area (Å²) in [4.78, 5) is 0. The predicted octanol–water partition coefficient (Wildman–Crippen LogP) is 0.791. The highest BCUT2D eigenvalue weighted by molar-refractivity contribution is 5.02. The second kappa shape index (κ2) is 3.42. The van der Waals surface area contributed by atoms with Gasteiger partial charge >= 0.3 is 0 Å². The predicted molar refractivity (Wildman–Crippen MR) is 58.3 cm³/mol.